The lowest BCUT2D eigenvalue weighted by molar-refractivity contribution is 0.0870. The van der Waals surface area contributed by atoms with Crippen molar-refractivity contribution in [2.75, 3.05) is 6.61 Å². The average Bonchev–Trinajstić information content (AvgIpc) is 3.25. The lowest BCUT2D eigenvalue weighted by Crippen LogP contribution is -2.40. The molecule has 1 fully saturated rings. The third kappa shape index (κ3) is 3.57. The van der Waals surface area contributed by atoms with Crippen molar-refractivity contribution in [2.24, 2.45) is 5.92 Å². The van der Waals surface area contributed by atoms with Crippen LogP contribution in [0.2, 0.25) is 0 Å². The molecule has 1 amide bonds. The van der Waals surface area contributed by atoms with Crippen molar-refractivity contribution < 1.29 is 14.6 Å². The summed E-state index contributed by atoms with van der Waals surface area (Å²) in [4.78, 5) is 16.9. The van der Waals surface area contributed by atoms with Gasteiger partial charge in [0.05, 0.1) is 30.9 Å². The largest absolute Gasteiger partial charge is 0.391 e. The van der Waals surface area contributed by atoms with Gasteiger partial charge in [-0.05, 0) is 30.9 Å². The molecule has 3 heterocycles. The van der Waals surface area contributed by atoms with Gasteiger partial charge in [-0.2, -0.15) is 5.10 Å². The molecular weight excluding hydrogens is 320 g/mol. The summed E-state index contributed by atoms with van der Waals surface area (Å²) in [5.74, 6) is 0.111. The molecule has 0 radical (unpaired) electrons. The third-order valence-corrected chi connectivity index (χ3v) is 5.01. The molecule has 132 valence electrons. The van der Waals surface area contributed by atoms with Crippen molar-refractivity contribution in [1.29, 1.82) is 0 Å². The monoisotopic (exact) mass is 342 g/mol. The van der Waals surface area contributed by atoms with Gasteiger partial charge < -0.3 is 15.2 Å². The highest BCUT2D eigenvalue weighted by atomic mass is 16.5. The Morgan fingerprint density at radius 1 is 1.44 bits per heavy atom. The number of hydrogen-bond donors (Lipinski definition) is 2. The summed E-state index contributed by atoms with van der Waals surface area (Å²) >= 11 is 0. The van der Waals surface area contributed by atoms with Crippen molar-refractivity contribution in [3.05, 3.63) is 47.5 Å². The van der Waals surface area contributed by atoms with E-state index in [0.29, 0.717) is 31.1 Å². The van der Waals surface area contributed by atoms with Crippen molar-refractivity contribution in [3.63, 3.8) is 0 Å². The number of amides is 1. The molecular formula is C18H22N4O3. The summed E-state index contributed by atoms with van der Waals surface area (Å²) in [5, 5.41) is 17.5. The van der Waals surface area contributed by atoms with Crippen molar-refractivity contribution >= 4 is 5.91 Å². The highest BCUT2D eigenvalue weighted by Crippen LogP contribution is 2.28. The number of carbonyl (C=O) groups is 1. The second kappa shape index (κ2) is 6.93. The Balaban J connectivity index is 1.39. The lowest BCUT2D eigenvalue weighted by Gasteiger charge is -2.18. The zero-order valence-electron chi connectivity index (χ0n) is 14.0. The summed E-state index contributed by atoms with van der Waals surface area (Å²) in [6.07, 6.45) is 6.94. The zero-order valence-corrected chi connectivity index (χ0v) is 14.0. The molecule has 7 nitrogen and oxygen atoms in total. The lowest BCUT2D eigenvalue weighted by atomic mass is 10.1. The number of carbonyl (C=O) groups excluding carboxylic acids is 1. The number of nitrogens with zero attached hydrogens (tertiary/aromatic N) is 3. The second-order valence-electron chi connectivity index (χ2n) is 6.85. The molecule has 0 spiro atoms. The number of aliphatic hydroxyl groups excluding tert-OH is 1. The normalized spacial score (nSPS) is 25.6. The summed E-state index contributed by atoms with van der Waals surface area (Å²) in [6.45, 7) is 1.94. The fourth-order valence-electron chi connectivity index (χ4n) is 3.71. The Morgan fingerprint density at radius 3 is 3.20 bits per heavy atom. The number of ether oxygens (including phenoxy) is 1. The van der Waals surface area contributed by atoms with E-state index in [0.717, 1.165) is 30.6 Å². The number of aromatic nitrogens is 3. The van der Waals surface area contributed by atoms with Gasteiger partial charge in [0.15, 0.2) is 0 Å². The summed E-state index contributed by atoms with van der Waals surface area (Å²) in [5.41, 5.74) is 2.50. The molecule has 0 saturated heterocycles. The Morgan fingerprint density at radius 2 is 2.36 bits per heavy atom. The van der Waals surface area contributed by atoms with E-state index in [1.807, 2.05) is 23.0 Å². The number of aliphatic hydroxyl groups is 1. The first-order chi connectivity index (χ1) is 12.2. The minimum Gasteiger partial charge on any atom is -0.391 e. The van der Waals surface area contributed by atoms with Gasteiger partial charge in [-0.25, -0.2) is 0 Å². The molecule has 4 rings (SSSR count). The Hall–Kier alpha value is -2.25. The Kier molecular flexibility index (Phi) is 4.50. The number of nitrogens with one attached hydrogen (secondary N) is 1. The minimum atomic E-state index is -0.529. The molecule has 3 atom stereocenters. The SMILES string of the molecule is O=C(N[C@@H]1CC(Cn2cccn2)C[C@H]1O)c1cnc2c(c1)COCC2. The maximum Gasteiger partial charge on any atom is 0.253 e. The molecule has 2 aliphatic rings. The summed E-state index contributed by atoms with van der Waals surface area (Å²) in [7, 11) is 0. The number of hydrogen-bond acceptors (Lipinski definition) is 5. The van der Waals surface area contributed by atoms with Crippen LogP contribution in [0.3, 0.4) is 0 Å². The molecule has 2 aromatic rings. The van der Waals surface area contributed by atoms with Crippen LogP contribution in [0.15, 0.2) is 30.7 Å². The molecule has 1 unspecified atom stereocenters. The first-order valence-corrected chi connectivity index (χ1v) is 8.71. The van der Waals surface area contributed by atoms with E-state index in [1.54, 1.807) is 12.4 Å². The molecule has 1 aliphatic carbocycles. The fraction of sp³-hybridized carbons (Fsp3) is 0.500. The second-order valence-corrected chi connectivity index (χ2v) is 6.85. The smallest absolute Gasteiger partial charge is 0.253 e. The van der Waals surface area contributed by atoms with Gasteiger partial charge in [-0.15, -0.1) is 0 Å². The summed E-state index contributed by atoms with van der Waals surface area (Å²) in [6, 6.07) is 3.50. The van der Waals surface area contributed by atoms with Crippen LogP contribution in [-0.2, 0) is 24.3 Å². The van der Waals surface area contributed by atoms with Crippen LogP contribution >= 0.6 is 0 Å². The average molecular weight is 342 g/mol. The van der Waals surface area contributed by atoms with Crippen LogP contribution in [-0.4, -0.2) is 44.5 Å². The van der Waals surface area contributed by atoms with E-state index in [2.05, 4.69) is 15.4 Å². The van der Waals surface area contributed by atoms with Crippen LogP contribution < -0.4 is 5.32 Å². The van der Waals surface area contributed by atoms with Gasteiger partial charge in [0.25, 0.3) is 5.91 Å². The Bertz CT molecular complexity index is 747. The van der Waals surface area contributed by atoms with E-state index < -0.39 is 6.10 Å². The van der Waals surface area contributed by atoms with Gasteiger partial charge in [0.2, 0.25) is 0 Å². The standard InChI is InChI=1S/C18H22N4O3/c23-17-7-12(10-22-4-1-3-20-22)6-16(17)21-18(24)13-8-14-11-25-5-2-15(14)19-9-13/h1,3-4,8-9,12,16-17,23H,2,5-7,10-11H2,(H,21,24)/t12?,16-,17-/m1/s1. The molecule has 0 bridgehead atoms. The first-order valence-electron chi connectivity index (χ1n) is 8.71. The zero-order chi connectivity index (χ0) is 17.2. The first kappa shape index (κ1) is 16.2. The van der Waals surface area contributed by atoms with Crippen LogP contribution in [0.5, 0.6) is 0 Å². The topological polar surface area (TPSA) is 89.3 Å². The molecule has 1 aliphatic heterocycles. The van der Waals surface area contributed by atoms with E-state index in [4.69, 9.17) is 4.74 Å². The van der Waals surface area contributed by atoms with E-state index in [1.165, 1.54) is 0 Å². The predicted molar refractivity (Wildman–Crippen MR) is 89.8 cm³/mol. The van der Waals surface area contributed by atoms with Gasteiger partial charge in [0, 0.05) is 42.8 Å². The number of rotatable bonds is 4. The van der Waals surface area contributed by atoms with Crippen LogP contribution in [0, 0.1) is 5.92 Å². The molecule has 2 N–H and O–H groups in total. The van der Waals surface area contributed by atoms with Crippen molar-refractivity contribution in [1.82, 2.24) is 20.1 Å². The Labute approximate surface area is 146 Å². The van der Waals surface area contributed by atoms with Gasteiger partial charge in [-0.1, -0.05) is 0 Å². The van der Waals surface area contributed by atoms with Crippen LogP contribution in [0.4, 0.5) is 0 Å². The molecule has 2 aromatic heterocycles. The number of pyridine rings is 1. The third-order valence-electron chi connectivity index (χ3n) is 5.01. The van der Waals surface area contributed by atoms with E-state index >= 15 is 0 Å². The van der Waals surface area contributed by atoms with Crippen molar-refractivity contribution in [3.8, 4) is 0 Å². The van der Waals surface area contributed by atoms with E-state index in [9.17, 15) is 9.90 Å². The highest BCUT2D eigenvalue weighted by molar-refractivity contribution is 5.94. The van der Waals surface area contributed by atoms with Crippen molar-refractivity contribution in [2.45, 2.75) is 44.6 Å². The molecule has 1 saturated carbocycles. The predicted octanol–water partition coefficient (Wildman–Crippen LogP) is 0.920. The maximum absolute atomic E-state index is 12.5. The molecule has 0 aromatic carbocycles. The van der Waals surface area contributed by atoms with Gasteiger partial charge in [-0.3, -0.25) is 14.5 Å². The summed E-state index contributed by atoms with van der Waals surface area (Å²) < 4.78 is 7.30. The van der Waals surface area contributed by atoms with Gasteiger partial charge in [0.1, 0.15) is 0 Å². The number of fused-ring (bicyclic) bond motifs is 1. The van der Waals surface area contributed by atoms with Crippen LogP contribution in [0.1, 0.15) is 34.5 Å². The quantitative estimate of drug-likeness (QED) is 0.862. The molecule has 7 heteroatoms. The molecule has 25 heavy (non-hydrogen) atoms. The fourth-order valence-corrected chi connectivity index (χ4v) is 3.71. The highest BCUT2D eigenvalue weighted by Gasteiger charge is 2.34. The van der Waals surface area contributed by atoms with Crippen LogP contribution in [0.25, 0.3) is 0 Å². The minimum absolute atomic E-state index is 0.190. The van der Waals surface area contributed by atoms with E-state index in [-0.39, 0.29) is 11.9 Å². The maximum atomic E-state index is 12.5. The van der Waals surface area contributed by atoms with Gasteiger partial charge >= 0.3 is 0 Å².